The standard InChI is InChI=1S/C13H21NO3/c15-12(11-9-3-1-2-4-10(9)11)14-7-13(16)5-6-17-8-13/h9-11,16H,1-8H2,(H,14,15). The molecular weight excluding hydrogens is 218 g/mol. The van der Waals surface area contributed by atoms with E-state index >= 15 is 0 Å². The van der Waals surface area contributed by atoms with Gasteiger partial charge in [-0.1, -0.05) is 12.8 Å². The van der Waals surface area contributed by atoms with Gasteiger partial charge in [0.25, 0.3) is 0 Å². The number of rotatable bonds is 3. The summed E-state index contributed by atoms with van der Waals surface area (Å²) in [4.78, 5) is 12.0. The van der Waals surface area contributed by atoms with Crippen LogP contribution in [-0.4, -0.2) is 36.4 Å². The highest BCUT2D eigenvalue weighted by Gasteiger charge is 2.54. The predicted molar refractivity (Wildman–Crippen MR) is 62.3 cm³/mol. The van der Waals surface area contributed by atoms with E-state index in [0.29, 0.717) is 38.0 Å². The fraction of sp³-hybridized carbons (Fsp3) is 0.923. The van der Waals surface area contributed by atoms with Gasteiger partial charge in [-0.3, -0.25) is 4.79 Å². The Morgan fingerprint density at radius 2 is 2.06 bits per heavy atom. The molecule has 1 amide bonds. The van der Waals surface area contributed by atoms with Crippen LogP contribution in [0, 0.1) is 17.8 Å². The number of nitrogens with one attached hydrogen (secondary N) is 1. The maximum atomic E-state index is 12.0. The van der Waals surface area contributed by atoms with E-state index in [1.54, 1.807) is 0 Å². The van der Waals surface area contributed by atoms with Gasteiger partial charge in [0.15, 0.2) is 0 Å². The summed E-state index contributed by atoms with van der Waals surface area (Å²) in [6.07, 6.45) is 5.63. The normalized spacial score (nSPS) is 44.2. The zero-order chi connectivity index (χ0) is 11.9. The van der Waals surface area contributed by atoms with E-state index in [1.165, 1.54) is 25.7 Å². The molecule has 0 aromatic rings. The highest BCUT2D eigenvalue weighted by molar-refractivity contribution is 5.82. The summed E-state index contributed by atoms with van der Waals surface area (Å²) in [5.41, 5.74) is -0.824. The maximum Gasteiger partial charge on any atom is 0.223 e. The average Bonchev–Trinajstić information content (AvgIpc) is 2.92. The first-order valence-electron chi connectivity index (χ1n) is 6.77. The number of ether oxygens (including phenoxy) is 1. The second-order valence-corrected chi connectivity index (χ2v) is 5.88. The van der Waals surface area contributed by atoms with Crippen LogP contribution in [0.3, 0.4) is 0 Å². The van der Waals surface area contributed by atoms with Gasteiger partial charge in [-0.05, 0) is 24.7 Å². The van der Waals surface area contributed by atoms with Gasteiger partial charge in [-0.2, -0.15) is 0 Å². The van der Waals surface area contributed by atoms with Crippen LogP contribution in [0.25, 0.3) is 0 Å². The Morgan fingerprint density at radius 3 is 2.65 bits per heavy atom. The highest BCUT2D eigenvalue weighted by atomic mass is 16.5. The van der Waals surface area contributed by atoms with E-state index in [4.69, 9.17) is 4.74 Å². The van der Waals surface area contributed by atoms with Gasteiger partial charge in [0.1, 0.15) is 5.60 Å². The molecule has 1 saturated heterocycles. The Labute approximate surface area is 102 Å². The molecule has 4 heteroatoms. The second kappa shape index (κ2) is 4.25. The van der Waals surface area contributed by atoms with Crippen molar-refractivity contribution in [2.45, 2.75) is 37.7 Å². The summed E-state index contributed by atoms with van der Waals surface area (Å²) >= 11 is 0. The molecule has 17 heavy (non-hydrogen) atoms. The molecule has 2 saturated carbocycles. The van der Waals surface area contributed by atoms with Crippen molar-refractivity contribution >= 4 is 5.91 Å². The van der Waals surface area contributed by atoms with E-state index in [1.807, 2.05) is 0 Å². The molecule has 3 atom stereocenters. The number of carbonyl (C=O) groups is 1. The lowest BCUT2D eigenvalue weighted by Gasteiger charge is -2.20. The first kappa shape index (κ1) is 11.5. The van der Waals surface area contributed by atoms with E-state index < -0.39 is 5.60 Å². The Morgan fingerprint density at radius 1 is 1.35 bits per heavy atom. The van der Waals surface area contributed by atoms with Gasteiger partial charge in [0, 0.05) is 25.5 Å². The van der Waals surface area contributed by atoms with Crippen molar-refractivity contribution in [1.82, 2.24) is 5.32 Å². The van der Waals surface area contributed by atoms with Crippen LogP contribution in [0.15, 0.2) is 0 Å². The smallest absolute Gasteiger partial charge is 0.223 e. The molecule has 1 aliphatic heterocycles. The maximum absolute atomic E-state index is 12.0. The molecule has 3 fully saturated rings. The van der Waals surface area contributed by atoms with Crippen molar-refractivity contribution in [2.75, 3.05) is 19.8 Å². The summed E-state index contributed by atoms with van der Waals surface area (Å²) in [7, 11) is 0. The third-order valence-corrected chi connectivity index (χ3v) is 4.63. The number of amides is 1. The molecule has 0 radical (unpaired) electrons. The summed E-state index contributed by atoms with van der Waals surface area (Å²) in [5.74, 6) is 1.67. The summed E-state index contributed by atoms with van der Waals surface area (Å²) in [5, 5.41) is 13.0. The number of aliphatic hydroxyl groups is 1. The van der Waals surface area contributed by atoms with Gasteiger partial charge in [0.2, 0.25) is 5.91 Å². The minimum absolute atomic E-state index is 0.155. The molecule has 0 aromatic heterocycles. The van der Waals surface area contributed by atoms with E-state index in [2.05, 4.69) is 5.32 Å². The molecule has 3 unspecified atom stereocenters. The van der Waals surface area contributed by atoms with Crippen molar-refractivity contribution in [2.24, 2.45) is 17.8 Å². The Hall–Kier alpha value is -0.610. The van der Waals surface area contributed by atoms with Crippen molar-refractivity contribution < 1.29 is 14.6 Å². The zero-order valence-corrected chi connectivity index (χ0v) is 10.2. The molecule has 0 bridgehead atoms. The molecule has 0 spiro atoms. The van der Waals surface area contributed by atoms with Crippen LogP contribution in [0.4, 0.5) is 0 Å². The lowest BCUT2D eigenvalue weighted by Crippen LogP contribution is -2.44. The predicted octanol–water partition coefficient (Wildman–Crippen LogP) is 0.690. The Balaban J connectivity index is 1.48. The number of fused-ring (bicyclic) bond motifs is 1. The molecule has 3 aliphatic rings. The van der Waals surface area contributed by atoms with Gasteiger partial charge < -0.3 is 15.2 Å². The van der Waals surface area contributed by atoms with Gasteiger partial charge >= 0.3 is 0 Å². The van der Waals surface area contributed by atoms with Crippen molar-refractivity contribution in [3.05, 3.63) is 0 Å². The van der Waals surface area contributed by atoms with E-state index in [0.717, 1.165) is 0 Å². The lowest BCUT2D eigenvalue weighted by atomic mass is 10.0. The van der Waals surface area contributed by atoms with Crippen LogP contribution in [-0.2, 0) is 9.53 Å². The third kappa shape index (κ3) is 2.20. The monoisotopic (exact) mass is 239 g/mol. The summed E-state index contributed by atoms with van der Waals surface area (Å²) in [6, 6.07) is 0. The number of carbonyl (C=O) groups excluding carboxylic acids is 1. The van der Waals surface area contributed by atoms with Crippen LogP contribution < -0.4 is 5.32 Å². The van der Waals surface area contributed by atoms with Crippen molar-refractivity contribution in [3.63, 3.8) is 0 Å². The largest absolute Gasteiger partial charge is 0.386 e. The van der Waals surface area contributed by atoms with Crippen molar-refractivity contribution in [3.8, 4) is 0 Å². The van der Waals surface area contributed by atoms with Gasteiger partial charge in [-0.15, -0.1) is 0 Å². The van der Waals surface area contributed by atoms with Crippen molar-refractivity contribution in [1.29, 1.82) is 0 Å². The molecule has 3 rings (SSSR count). The molecule has 4 nitrogen and oxygen atoms in total. The number of hydrogen-bond donors (Lipinski definition) is 2. The molecule has 96 valence electrons. The second-order valence-electron chi connectivity index (χ2n) is 5.88. The van der Waals surface area contributed by atoms with Gasteiger partial charge in [0.05, 0.1) is 6.61 Å². The molecular formula is C13H21NO3. The van der Waals surface area contributed by atoms with Crippen LogP contribution in [0.2, 0.25) is 0 Å². The van der Waals surface area contributed by atoms with Crippen LogP contribution in [0.1, 0.15) is 32.1 Å². The minimum Gasteiger partial charge on any atom is -0.386 e. The fourth-order valence-corrected chi connectivity index (χ4v) is 3.49. The first-order valence-corrected chi connectivity index (χ1v) is 6.77. The first-order chi connectivity index (χ1) is 8.20. The van der Waals surface area contributed by atoms with Crippen LogP contribution in [0.5, 0.6) is 0 Å². The quantitative estimate of drug-likeness (QED) is 0.762. The Kier molecular flexibility index (Phi) is 2.87. The molecule has 1 heterocycles. The Bertz CT molecular complexity index is 300. The third-order valence-electron chi connectivity index (χ3n) is 4.63. The highest BCUT2D eigenvalue weighted by Crippen LogP contribution is 2.55. The summed E-state index contributed by atoms with van der Waals surface area (Å²) < 4.78 is 5.16. The van der Waals surface area contributed by atoms with Gasteiger partial charge in [-0.25, -0.2) is 0 Å². The van der Waals surface area contributed by atoms with E-state index in [9.17, 15) is 9.90 Å². The SMILES string of the molecule is O=C(NCC1(O)CCOC1)C1C2CCCCC21. The lowest BCUT2D eigenvalue weighted by molar-refractivity contribution is -0.124. The van der Waals surface area contributed by atoms with Crippen LogP contribution >= 0.6 is 0 Å². The summed E-state index contributed by atoms with van der Waals surface area (Å²) in [6.45, 7) is 1.30. The number of hydrogen-bond acceptors (Lipinski definition) is 3. The van der Waals surface area contributed by atoms with E-state index in [-0.39, 0.29) is 11.8 Å². The zero-order valence-electron chi connectivity index (χ0n) is 10.2. The fourth-order valence-electron chi connectivity index (χ4n) is 3.49. The molecule has 2 aliphatic carbocycles. The molecule has 0 aromatic carbocycles. The average molecular weight is 239 g/mol. The molecule has 2 N–H and O–H groups in total. The topological polar surface area (TPSA) is 58.6 Å². The minimum atomic E-state index is -0.824.